The van der Waals surface area contributed by atoms with E-state index in [1.165, 1.54) is 11.3 Å². The molecule has 1 heterocycles. The van der Waals surface area contributed by atoms with E-state index in [-0.39, 0.29) is 24.1 Å². The molecule has 31 heavy (non-hydrogen) atoms. The molecule has 2 amide bonds. The van der Waals surface area contributed by atoms with Gasteiger partial charge in [-0.25, -0.2) is 14.6 Å². The highest BCUT2D eigenvalue weighted by Crippen LogP contribution is 2.11. The van der Waals surface area contributed by atoms with Gasteiger partial charge < -0.3 is 20.1 Å². The van der Waals surface area contributed by atoms with E-state index >= 15 is 0 Å². The normalized spacial score (nSPS) is 11.6. The van der Waals surface area contributed by atoms with Crippen LogP contribution in [0.2, 0.25) is 0 Å². The number of alkyl carbamates (subject to hydrolysis) is 1. The van der Waals surface area contributed by atoms with Crippen LogP contribution >= 0.6 is 11.3 Å². The van der Waals surface area contributed by atoms with Crippen LogP contribution in [0, 0.1) is 5.92 Å². The molecule has 0 radical (unpaired) electrons. The third kappa shape index (κ3) is 8.75. The summed E-state index contributed by atoms with van der Waals surface area (Å²) in [5, 5.41) is 7.83. The van der Waals surface area contributed by atoms with Crippen LogP contribution in [0.15, 0.2) is 35.7 Å². The topological polar surface area (TPSA) is 107 Å². The highest BCUT2D eigenvalue weighted by molar-refractivity contribution is 7.09. The van der Waals surface area contributed by atoms with Crippen LogP contribution in [0.1, 0.15) is 48.3 Å². The van der Waals surface area contributed by atoms with E-state index in [1.807, 2.05) is 44.2 Å². The maximum Gasteiger partial charge on any atom is 0.408 e. The molecular weight excluding hydrogens is 418 g/mol. The fourth-order valence-corrected chi connectivity index (χ4v) is 3.52. The minimum absolute atomic E-state index is 0.134. The number of nitrogens with one attached hydrogen (secondary N) is 2. The van der Waals surface area contributed by atoms with Crippen molar-refractivity contribution in [3.63, 3.8) is 0 Å². The summed E-state index contributed by atoms with van der Waals surface area (Å²) in [6, 6.07) is 8.63. The molecule has 0 bridgehead atoms. The van der Waals surface area contributed by atoms with Crippen molar-refractivity contribution < 1.29 is 23.9 Å². The second kappa shape index (κ2) is 12.7. The Bertz CT molecular complexity index is 854. The van der Waals surface area contributed by atoms with Crippen molar-refractivity contribution in [2.75, 3.05) is 13.2 Å². The Kier molecular flexibility index (Phi) is 9.96. The maximum absolute atomic E-state index is 12.6. The van der Waals surface area contributed by atoms with E-state index in [9.17, 15) is 14.4 Å². The molecule has 0 saturated heterocycles. The summed E-state index contributed by atoms with van der Waals surface area (Å²) in [4.78, 5) is 40.7. The molecule has 0 aliphatic rings. The highest BCUT2D eigenvalue weighted by atomic mass is 32.1. The molecule has 8 nitrogen and oxygen atoms in total. The first-order chi connectivity index (χ1) is 14.9. The second-order valence-electron chi connectivity index (χ2n) is 7.28. The molecule has 9 heteroatoms. The lowest BCUT2D eigenvalue weighted by atomic mass is 10.0. The molecule has 0 unspecified atom stereocenters. The minimum atomic E-state index is -0.699. The Hall–Kier alpha value is -2.94. The first-order valence-electron chi connectivity index (χ1n) is 10.3. The predicted octanol–water partition coefficient (Wildman–Crippen LogP) is 3.32. The van der Waals surface area contributed by atoms with Gasteiger partial charge in [-0.3, -0.25) is 4.79 Å². The number of nitrogens with zero attached hydrogens (tertiary/aromatic N) is 1. The number of benzene rings is 1. The SMILES string of the molecule is CCOC(=O)c1csc(CCNC(=O)[C@@H](CC(C)C)NC(=O)OCc2ccccc2)n1. The standard InChI is InChI=1S/C22H29N3O5S/c1-4-29-21(27)18-14-31-19(24-18)10-11-23-20(26)17(12-15(2)3)25-22(28)30-13-16-8-6-5-7-9-16/h5-9,14-15,17H,4,10-13H2,1-3H3,(H,23,26)(H,25,28)/t17-/m1/s1. The summed E-state index contributed by atoms with van der Waals surface area (Å²) in [5.41, 5.74) is 1.14. The van der Waals surface area contributed by atoms with Crippen LogP contribution in [0.4, 0.5) is 4.79 Å². The van der Waals surface area contributed by atoms with Gasteiger partial charge in [0.25, 0.3) is 0 Å². The molecule has 1 aromatic heterocycles. The second-order valence-corrected chi connectivity index (χ2v) is 8.22. The molecular formula is C22H29N3O5S. The zero-order chi connectivity index (χ0) is 22.6. The minimum Gasteiger partial charge on any atom is -0.461 e. The van der Waals surface area contributed by atoms with Gasteiger partial charge in [-0.2, -0.15) is 0 Å². The molecule has 0 aliphatic heterocycles. The van der Waals surface area contributed by atoms with Crippen LogP contribution in [0.25, 0.3) is 0 Å². The van der Waals surface area contributed by atoms with Crippen molar-refractivity contribution in [1.29, 1.82) is 0 Å². The Morgan fingerprint density at radius 2 is 1.87 bits per heavy atom. The van der Waals surface area contributed by atoms with E-state index in [0.717, 1.165) is 10.6 Å². The van der Waals surface area contributed by atoms with Crippen molar-refractivity contribution in [2.24, 2.45) is 5.92 Å². The molecule has 168 valence electrons. The third-order valence-electron chi connectivity index (χ3n) is 4.20. The molecule has 2 N–H and O–H groups in total. The van der Waals surface area contributed by atoms with E-state index in [4.69, 9.17) is 9.47 Å². The summed E-state index contributed by atoms with van der Waals surface area (Å²) in [6.07, 6.45) is 0.322. The summed E-state index contributed by atoms with van der Waals surface area (Å²) >= 11 is 1.34. The molecule has 0 aliphatic carbocycles. The number of carbonyl (C=O) groups excluding carboxylic acids is 3. The Morgan fingerprint density at radius 3 is 2.55 bits per heavy atom. The fraction of sp³-hybridized carbons (Fsp3) is 0.455. The van der Waals surface area contributed by atoms with Gasteiger partial charge in [0, 0.05) is 18.3 Å². The summed E-state index contributed by atoms with van der Waals surface area (Å²) in [5.74, 6) is -0.534. The molecule has 1 aromatic carbocycles. The van der Waals surface area contributed by atoms with Gasteiger partial charge in [-0.15, -0.1) is 11.3 Å². The highest BCUT2D eigenvalue weighted by Gasteiger charge is 2.22. The molecule has 0 spiro atoms. The number of carbonyl (C=O) groups is 3. The van der Waals surface area contributed by atoms with Crippen molar-refractivity contribution in [3.05, 3.63) is 52.0 Å². The van der Waals surface area contributed by atoms with Gasteiger partial charge in [-0.05, 0) is 24.8 Å². The Balaban J connectivity index is 1.82. The number of thiazole rings is 1. The van der Waals surface area contributed by atoms with E-state index in [2.05, 4.69) is 15.6 Å². The van der Waals surface area contributed by atoms with Crippen molar-refractivity contribution in [3.8, 4) is 0 Å². The number of ether oxygens (including phenoxy) is 2. The van der Waals surface area contributed by atoms with Gasteiger partial charge in [0.1, 0.15) is 12.6 Å². The zero-order valence-electron chi connectivity index (χ0n) is 18.1. The van der Waals surface area contributed by atoms with E-state index in [0.29, 0.717) is 26.0 Å². The van der Waals surface area contributed by atoms with Gasteiger partial charge in [0.15, 0.2) is 5.69 Å². The molecule has 2 aromatic rings. The van der Waals surface area contributed by atoms with E-state index < -0.39 is 18.1 Å². The van der Waals surface area contributed by atoms with Crippen LogP contribution < -0.4 is 10.6 Å². The summed E-state index contributed by atoms with van der Waals surface area (Å²) < 4.78 is 10.1. The first-order valence-corrected chi connectivity index (χ1v) is 11.1. The lowest BCUT2D eigenvalue weighted by Gasteiger charge is -2.20. The number of rotatable bonds is 11. The van der Waals surface area contributed by atoms with Gasteiger partial charge in [0.05, 0.1) is 11.6 Å². The van der Waals surface area contributed by atoms with E-state index in [1.54, 1.807) is 12.3 Å². The van der Waals surface area contributed by atoms with Crippen molar-refractivity contribution in [1.82, 2.24) is 15.6 Å². The van der Waals surface area contributed by atoms with Crippen LogP contribution in [0.3, 0.4) is 0 Å². The van der Waals surface area contributed by atoms with Crippen LogP contribution in [-0.4, -0.2) is 42.1 Å². The predicted molar refractivity (Wildman–Crippen MR) is 118 cm³/mol. The number of amides is 2. The number of hydrogen-bond donors (Lipinski definition) is 2. The van der Waals surface area contributed by atoms with Gasteiger partial charge in [-0.1, -0.05) is 44.2 Å². The molecule has 0 saturated carbocycles. The monoisotopic (exact) mass is 447 g/mol. The van der Waals surface area contributed by atoms with Crippen molar-refractivity contribution >= 4 is 29.3 Å². The summed E-state index contributed by atoms with van der Waals surface area (Å²) in [7, 11) is 0. The van der Waals surface area contributed by atoms with Crippen LogP contribution in [0.5, 0.6) is 0 Å². The average Bonchev–Trinajstić information content (AvgIpc) is 3.21. The van der Waals surface area contributed by atoms with Crippen molar-refractivity contribution in [2.45, 2.75) is 46.3 Å². The maximum atomic E-state index is 12.6. The Labute approximate surface area is 186 Å². The first kappa shape index (κ1) is 24.3. The average molecular weight is 448 g/mol. The quantitative estimate of drug-likeness (QED) is 0.512. The third-order valence-corrected chi connectivity index (χ3v) is 5.11. The van der Waals surface area contributed by atoms with Crippen LogP contribution in [-0.2, 0) is 27.3 Å². The summed E-state index contributed by atoms with van der Waals surface area (Å²) in [6.45, 7) is 6.45. The molecule has 2 rings (SSSR count). The van der Waals surface area contributed by atoms with Gasteiger partial charge >= 0.3 is 12.1 Å². The fourth-order valence-electron chi connectivity index (χ4n) is 2.75. The number of hydrogen-bond acceptors (Lipinski definition) is 7. The number of esters is 1. The lowest BCUT2D eigenvalue weighted by Crippen LogP contribution is -2.48. The van der Waals surface area contributed by atoms with Gasteiger partial charge in [0.2, 0.25) is 5.91 Å². The smallest absolute Gasteiger partial charge is 0.408 e. The lowest BCUT2D eigenvalue weighted by molar-refractivity contribution is -0.123. The largest absolute Gasteiger partial charge is 0.461 e. The Morgan fingerprint density at radius 1 is 1.13 bits per heavy atom. The molecule has 0 fully saturated rings. The number of aromatic nitrogens is 1. The zero-order valence-corrected chi connectivity index (χ0v) is 18.9. The molecule has 1 atom stereocenters.